The van der Waals surface area contributed by atoms with Gasteiger partial charge in [0, 0.05) is 6.08 Å². The highest BCUT2D eigenvalue weighted by Gasteiger charge is 2.09. The van der Waals surface area contributed by atoms with Gasteiger partial charge in [-0.05, 0) is 35.2 Å². The van der Waals surface area contributed by atoms with Crippen molar-refractivity contribution < 1.29 is 14.3 Å². The fourth-order valence-electron chi connectivity index (χ4n) is 1.94. The molecule has 0 unspecified atom stereocenters. The van der Waals surface area contributed by atoms with Gasteiger partial charge in [0.15, 0.2) is 5.01 Å². The minimum absolute atomic E-state index is 0.300. The zero-order valence-corrected chi connectivity index (χ0v) is 14.8. The molecule has 0 saturated carbocycles. The molecular formula is C17H13N3O3S2. The van der Waals surface area contributed by atoms with Crippen LogP contribution in [0.1, 0.15) is 15.9 Å². The lowest BCUT2D eigenvalue weighted by atomic mass is 10.1. The summed E-state index contributed by atoms with van der Waals surface area (Å²) in [6.07, 6.45) is 3.05. The van der Waals surface area contributed by atoms with Crippen molar-refractivity contribution in [2.75, 3.05) is 12.4 Å². The second kappa shape index (κ2) is 7.82. The van der Waals surface area contributed by atoms with Crippen LogP contribution in [-0.4, -0.2) is 29.2 Å². The van der Waals surface area contributed by atoms with Crippen molar-refractivity contribution in [3.63, 3.8) is 0 Å². The number of anilines is 1. The van der Waals surface area contributed by atoms with Crippen LogP contribution in [0.5, 0.6) is 0 Å². The maximum absolute atomic E-state index is 12.0. The van der Waals surface area contributed by atoms with Crippen molar-refractivity contribution in [2.45, 2.75) is 0 Å². The van der Waals surface area contributed by atoms with Crippen LogP contribution >= 0.6 is 22.7 Å². The third-order valence-electron chi connectivity index (χ3n) is 3.15. The summed E-state index contributed by atoms with van der Waals surface area (Å²) in [5.74, 6) is -0.697. The summed E-state index contributed by atoms with van der Waals surface area (Å²) in [7, 11) is 1.33. The van der Waals surface area contributed by atoms with E-state index in [4.69, 9.17) is 0 Å². The molecule has 1 N–H and O–H groups in total. The molecule has 1 aromatic carbocycles. The first kappa shape index (κ1) is 17.0. The number of methoxy groups -OCH3 is 1. The van der Waals surface area contributed by atoms with E-state index in [1.54, 1.807) is 41.7 Å². The quantitative estimate of drug-likeness (QED) is 0.546. The molecule has 2 aromatic heterocycles. The van der Waals surface area contributed by atoms with E-state index in [1.165, 1.54) is 24.5 Å². The molecule has 8 heteroatoms. The second-order valence-electron chi connectivity index (χ2n) is 4.83. The Morgan fingerprint density at radius 2 is 1.96 bits per heavy atom. The molecule has 3 rings (SSSR count). The maximum atomic E-state index is 12.0. The second-order valence-corrected chi connectivity index (χ2v) is 6.75. The summed E-state index contributed by atoms with van der Waals surface area (Å²) < 4.78 is 4.64. The van der Waals surface area contributed by atoms with Gasteiger partial charge in [-0.15, -0.1) is 21.5 Å². The van der Waals surface area contributed by atoms with Crippen LogP contribution in [0.3, 0.4) is 0 Å². The monoisotopic (exact) mass is 371 g/mol. The third-order valence-corrected chi connectivity index (χ3v) is 5.02. The van der Waals surface area contributed by atoms with E-state index in [1.807, 2.05) is 17.5 Å². The number of carbonyl (C=O) groups is 2. The van der Waals surface area contributed by atoms with Gasteiger partial charge in [-0.25, -0.2) is 4.79 Å². The zero-order valence-electron chi connectivity index (χ0n) is 13.1. The first-order chi connectivity index (χ1) is 12.2. The van der Waals surface area contributed by atoms with E-state index >= 15 is 0 Å². The van der Waals surface area contributed by atoms with E-state index in [0.717, 1.165) is 15.4 Å². The Kier molecular flexibility index (Phi) is 5.32. The van der Waals surface area contributed by atoms with E-state index < -0.39 is 5.97 Å². The fourth-order valence-corrected chi connectivity index (χ4v) is 3.48. The van der Waals surface area contributed by atoms with Crippen LogP contribution in [0, 0.1) is 0 Å². The number of carbonyl (C=O) groups excluding carboxylic acids is 2. The molecule has 0 saturated heterocycles. The molecule has 0 atom stereocenters. The Labute approximate surface area is 151 Å². The van der Waals surface area contributed by atoms with Gasteiger partial charge in [-0.1, -0.05) is 29.5 Å². The molecule has 0 bridgehead atoms. The van der Waals surface area contributed by atoms with Crippen LogP contribution in [0.4, 0.5) is 5.13 Å². The van der Waals surface area contributed by atoms with E-state index in [9.17, 15) is 9.59 Å². The molecule has 2 heterocycles. The van der Waals surface area contributed by atoms with Crippen LogP contribution in [-0.2, 0) is 9.53 Å². The average Bonchev–Trinajstić information content (AvgIpc) is 3.31. The van der Waals surface area contributed by atoms with Gasteiger partial charge >= 0.3 is 5.97 Å². The number of amides is 1. The van der Waals surface area contributed by atoms with Gasteiger partial charge < -0.3 is 4.74 Å². The van der Waals surface area contributed by atoms with Crippen LogP contribution in [0.15, 0.2) is 47.9 Å². The highest BCUT2D eigenvalue weighted by atomic mass is 32.1. The Morgan fingerprint density at radius 3 is 2.64 bits per heavy atom. The Morgan fingerprint density at radius 1 is 1.16 bits per heavy atom. The van der Waals surface area contributed by atoms with Crippen molar-refractivity contribution in [2.24, 2.45) is 0 Å². The number of nitrogens with zero attached hydrogens (tertiary/aromatic N) is 2. The summed E-state index contributed by atoms with van der Waals surface area (Å²) in [5, 5.41) is 13.9. The van der Waals surface area contributed by atoms with Gasteiger partial charge in [0.1, 0.15) is 0 Å². The summed E-state index contributed by atoms with van der Waals surface area (Å²) >= 11 is 2.89. The Hall–Kier alpha value is -2.84. The van der Waals surface area contributed by atoms with Crippen molar-refractivity contribution in [3.05, 3.63) is 59.0 Å². The molecule has 0 aliphatic rings. The van der Waals surface area contributed by atoms with Crippen LogP contribution in [0.2, 0.25) is 0 Å². The smallest absolute Gasteiger partial charge is 0.337 e. The number of rotatable bonds is 5. The summed E-state index contributed by atoms with van der Waals surface area (Å²) in [5.41, 5.74) is 1.25. The zero-order chi connectivity index (χ0) is 17.6. The first-order valence-electron chi connectivity index (χ1n) is 7.20. The molecule has 1 amide bonds. The molecule has 0 fully saturated rings. The number of aromatic nitrogens is 2. The normalized spacial score (nSPS) is 10.8. The minimum Gasteiger partial charge on any atom is -0.465 e. The number of thiophene rings is 1. The number of benzene rings is 1. The first-order valence-corrected chi connectivity index (χ1v) is 8.90. The SMILES string of the molecule is COC(=O)c1ccc(/C=C/C(=O)Nc2nnc(-c3cccs3)s2)cc1. The van der Waals surface area contributed by atoms with Crippen molar-refractivity contribution in [1.29, 1.82) is 0 Å². The predicted molar refractivity (Wildman–Crippen MR) is 98.7 cm³/mol. The fraction of sp³-hybridized carbons (Fsp3) is 0.0588. The lowest BCUT2D eigenvalue weighted by molar-refractivity contribution is -0.111. The number of esters is 1. The molecule has 0 radical (unpaired) electrons. The van der Waals surface area contributed by atoms with E-state index in [2.05, 4.69) is 20.3 Å². The van der Waals surface area contributed by atoms with Gasteiger partial charge in [0.2, 0.25) is 11.0 Å². The lowest BCUT2D eigenvalue weighted by Gasteiger charge is -1.99. The van der Waals surface area contributed by atoms with Gasteiger partial charge in [0.05, 0.1) is 17.6 Å². The molecular weight excluding hydrogens is 358 g/mol. The Bertz CT molecular complexity index is 900. The molecule has 25 heavy (non-hydrogen) atoms. The largest absolute Gasteiger partial charge is 0.465 e. The van der Waals surface area contributed by atoms with Crippen LogP contribution < -0.4 is 5.32 Å². The third kappa shape index (κ3) is 4.37. The van der Waals surface area contributed by atoms with E-state index in [0.29, 0.717) is 10.7 Å². The highest BCUT2D eigenvalue weighted by molar-refractivity contribution is 7.23. The highest BCUT2D eigenvalue weighted by Crippen LogP contribution is 2.29. The van der Waals surface area contributed by atoms with Crippen LogP contribution in [0.25, 0.3) is 16.0 Å². The topological polar surface area (TPSA) is 81.2 Å². The number of nitrogens with one attached hydrogen (secondary N) is 1. The molecule has 6 nitrogen and oxygen atoms in total. The van der Waals surface area contributed by atoms with Crippen molar-refractivity contribution in [3.8, 4) is 9.88 Å². The van der Waals surface area contributed by atoms with Crippen molar-refractivity contribution in [1.82, 2.24) is 10.2 Å². The summed E-state index contributed by atoms with van der Waals surface area (Å²) in [6, 6.07) is 10.6. The molecule has 0 aliphatic carbocycles. The van der Waals surface area contributed by atoms with Gasteiger partial charge in [-0.3, -0.25) is 10.1 Å². The van der Waals surface area contributed by atoms with Crippen molar-refractivity contribution >= 4 is 45.8 Å². The lowest BCUT2D eigenvalue weighted by Crippen LogP contribution is -2.07. The molecule has 3 aromatic rings. The number of ether oxygens (including phenoxy) is 1. The molecule has 0 spiro atoms. The van der Waals surface area contributed by atoms with E-state index in [-0.39, 0.29) is 5.91 Å². The maximum Gasteiger partial charge on any atom is 0.337 e. The Balaban J connectivity index is 1.60. The standard InChI is InChI=1S/C17H13N3O3S2/c1-23-16(22)12-7-4-11(5-8-12)6-9-14(21)18-17-20-19-15(25-17)13-3-2-10-24-13/h2-10H,1H3,(H,18,20,21)/b9-6+. The predicted octanol–water partition coefficient (Wildman–Crippen LogP) is 3.71. The number of hydrogen-bond acceptors (Lipinski definition) is 7. The molecule has 126 valence electrons. The summed E-state index contributed by atoms with van der Waals surface area (Å²) in [4.78, 5) is 24.4. The van der Waals surface area contributed by atoms with Gasteiger partial charge in [0.25, 0.3) is 0 Å². The van der Waals surface area contributed by atoms with Gasteiger partial charge in [-0.2, -0.15) is 0 Å². The summed E-state index contributed by atoms with van der Waals surface area (Å²) in [6.45, 7) is 0. The average molecular weight is 371 g/mol. The minimum atomic E-state index is -0.397. The molecule has 0 aliphatic heterocycles. The number of hydrogen-bond donors (Lipinski definition) is 1.